The molecule has 1 N–H and O–H groups in total. The molecule has 0 radical (unpaired) electrons. The van der Waals surface area contributed by atoms with E-state index in [-0.39, 0.29) is 5.92 Å². The number of anilines is 1. The summed E-state index contributed by atoms with van der Waals surface area (Å²) in [5.74, 6) is 1.40. The molecule has 1 saturated carbocycles. The lowest BCUT2D eigenvalue weighted by Crippen LogP contribution is -2.24. The number of carboxylic acids is 1. The second-order valence-corrected chi connectivity index (χ2v) is 5.27. The second-order valence-electron chi connectivity index (χ2n) is 5.27. The quantitative estimate of drug-likeness (QED) is 0.878. The normalized spacial score (nSPS) is 23.4. The number of aromatic nitrogens is 2. The van der Waals surface area contributed by atoms with Gasteiger partial charge in [-0.15, -0.1) is 0 Å². The molecule has 2 fully saturated rings. The lowest BCUT2D eigenvalue weighted by molar-refractivity contribution is -0.140. The molecule has 1 atom stereocenters. The number of hydrogen-bond acceptors (Lipinski definition) is 4. The summed E-state index contributed by atoms with van der Waals surface area (Å²) < 4.78 is 0. The fourth-order valence-electron chi connectivity index (χ4n) is 2.43. The Hall–Kier alpha value is -1.65. The monoisotopic (exact) mass is 247 g/mol. The molecule has 0 unspecified atom stereocenters. The van der Waals surface area contributed by atoms with E-state index in [0.717, 1.165) is 23.9 Å². The Labute approximate surface area is 106 Å². The first-order valence-corrected chi connectivity index (χ1v) is 6.47. The summed E-state index contributed by atoms with van der Waals surface area (Å²) in [6.07, 6.45) is 3.07. The molecule has 5 heteroatoms. The summed E-state index contributed by atoms with van der Waals surface area (Å²) in [6.45, 7) is 3.31. The van der Waals surface area contributed by atoms with Crippen LogP contribution in [0.1, 0.15) is 36.7 Å². The maximum Gasteiger partial charge on any atom is 0.308 e. The Bertz CT molecular complexity index is 485. The fourth-order valence-corrected chi connectivity index (χ4v) is 2.43. The van der Waals surface area contributed by atoms with Crippen LogP contribution in [0.2, 0.25) is 0 Å². The predicted octanol–water partition coefficient (Wildman–Crippen LogP) is 1.57. The minimum absolute atomic E-state index is 0.260. The van der Waals surface area contributed by atoms with E-state index < -0.39 is 5.97 Å². The molecule has 0 bridgehead atoms. The van der Waals surface area contributed by atoms with Gasteiger partial charge in [-0.1, -0.05) is 0 Å². The van der Waals surface area contributed by atoms with Gasteiger partial charge in [0.05, 0.1) is 5.92 Å². The molecule has 2 heterocycles. The first-order valence-electron chi connectivity index (χ1n) is 6.47. The van der Waals surface area contributed by atoms with E-state index in [1.165, 1.54) is 12.8 Å². The molecule has 1 aliphatic carbocycles. The molecular formula is C13H17N3O2. The highest BCUT2D eigenvalue weighted by atomic mass is 16.4. The van der Waals surface area contributed by atoms with E-state index >= 15 is 0 Å². The number of rotatable bonds is 3. The SMILES string of the molecule is Cc1cc(N2CC[C@@H](C(=O)O)C2)nc(C2CC2)n1. The van der Waals surface area contributed by atoms with Crippen LogP contribution in [0.15, 0.2) is 6.07 Å². The maximum absolute atomic E-state index is 11.0. The van der Waals surface area contributed by atoms with Crippen LogP contribution >= 0.6 is 0 Å². The lowest BCUT2D eigenvalue weighted by Gasteiger charge is -2.18. The third-order valence-electron chi connectivity index (χ3n) is 3.66. The highest BCUT2D eigenvalue weighted by molar-refractivity contribution is 5.71. The van der Waals surface area contributed by atoms with Gasteiger partial charge in [-0.25, -0.2) is 9.97 Å². The van der Waals surface area contributed by atoms with Gasteiger partial charge in [-0.05, 0) is 26.2 Å². The predicted molar refractivity (Wildman–Crippen MR) is 66.7 cm³/mol. The minimum Gasteiger partial charge on any atom is -0.481 e. The molecular weight excluding hydrogens is 230 g/mol. The number of carbonyl (C=O) groups is 1. The van der Waals surface area contributed by atoms with Crippen molar-refractivity contribution >= 4 is 11.8 Å². The standard InChI is InChI=1S/C13H17N3O2/c1-8-6-11(15-12(14-8)9-2-3-9)16-5-4-10(7-16)13(17)18/h6,9-10H,2-5,7H2,1H3,(H,17,18)/t10-/m1/s1. The van der Waals surface area contributed by atoms with Crippen molar-refractivity contribution in [2.75, 3.05) is 18.0 Å². The smallest absolute Gasteiger partial charge is 0.308 e. The summed E-state index contributed by atoms with van der Waals surface area (Å²) >= 11 is 0. The van der Waals surface area contributed by atoms with Gasteiger partial charge in [-0.3, -0.25) is 4.79 Å². The summed E-state index contributed by atoms with van der Waals surface area (Å²) in [7, 11) is 0. The molecule has 3 rings (SSSR count). The molecule has 1 saturated heterocycles. The number of hydrogen-bond donors (Lipinski definition) is 1. The zero-order valence-electron chi connectivity index (χ0n) is 10.5. The summed E-state index contributed by atoms with van der Waals surface area (Å²) in [6, 6.07) is 1.95. The van der Waals surface area contributed by atoms with Gasteiger partial charge >= 0.3 is 5.97 Å². The Kier molecular flexibility index (Phi) is 2.69. The maximum atomic E-state index is 11.0. The zero-order chi connectivity index (χ0) is 12.7. The molecule has 2 aliphatic rings. The van der Waals surface area contributed by atoms with E-state index in [9.17, 15) is 4.79 Å². The molecule has 0 aromatic carbocycles. The molecule has 1 aliphatic heterocycles. The van der Waals surface area contributed by atoms with Crippen molar-refractivity contribution < 1.29 is 9.90 Å². The summed E-state index contributed by atoms with van der Waals surface area (Å²) in [5, 5.41) is 9.03. The van der Waals surface area contributed by atoms with Crippen LogP contribution < -0.4 is 4.90 Å². The molecule has 96 valence electrons. The van der Waals surface area contributed by atoms with Crippen molar-refractivity contribution in [1.82, 2.24) is 9.97 Å². The Morgan fingerprint density at radius 3 is 2.78 bits per heavy atom. The first kappa shape index (κ1) is 11.4. The van der Waals surface area contributed by atoms with Crippen LogP contribution in [0.4, 0.5) is 5.82 Å². The van der Waals surface area contributed by atoms with Crippen LogP contribution in [0.3, 0.4) is 0 Å². The van der Waals surface area contributed by atoms with Gasteiger partial charge in [0.1, 0.15) is 11.6 Å². The minimum atomic E-state index is -0.703. The lowest BCUT2D eigenvalue weighted by atomic mass is 10.1. The van der Waals surface area contributed by atoms with Gasteiger partial charge in [0, 0.05) is 30.8 Å². The van der Waals surface area contributed by atoms with Crippen molar-refractivity contribution in [2.45, 2.75) is 32.1 Å². The molecule has 18 heavy (non-hydrogen) atoms. The number of aryl methyl sites for hydroxylation is 1. The molecule has 1 aromatic heterocycles. The molecule has 5 nitrogen and oxygen atoms in total. The van der Waals surface area contributed by atoms with Crippen molar-refractivity contribution in [1.29, 1.82) is 0 Å². The van der Waals surface area contributed by atoms with Gasteiger partial charge in [-0.2, -0.15) is 0 Å². The number of carboxylic acid groups (broad SMARTS) is 1. The van der Waals surface area contributed by atoms with Crippen molar-refractivity contribution in [3.63, 3.8) is 0 Å². The van der Waals surface area contributed by atoms with Gasteiger partial charge in [0.2, 0.25) is 0 Å². The van der Waals surface area contributed by atoms with Gasteiger partial charge < -0.3 is 10.0 Å². The summed E-state index contributed by atoms with van der Waals surface area (Å²) in [4.78, 5) is 22.1. The van der Waals surface area contributed by atoms with Crippen LogP contribution in [0, 0.1) is 12.8 Å². The third-order valence-corrected chi connectivity index (χ3v) is 3.66. The van der Waals surface area contributed by atoms with E-state index in [4.69, 9.17) is 5.11 Å². The van der Waals surface area contributed by atoms with Crippen molar-refractivity contribution in [3.05, 3.63) is 17.6 Å². The largest absolute Gasteiger partial charge is 0.481 e. The highest BCUT2D eigenvalue weighted by Crippen LogP contribution is 2.38. The number of nitrogens with zero attached hydrogens (tertiary/aromatic N) is 3. The van der Waals surface area contributed by atoms with E-state index in [2.05, 4.69) is 14.9 Å². The van der Waals surface area contributed by atoms with Crippen LogP contribution in [0.5, 0.6) is 0 Å². The Morgan fingerprint density at radius 2 is 2.17 bits per heavy atom. The van der Waals surface area contributed by atoms with Crippen molar-refractivity contribution in [3.8, 4) is 0 Å². The number of aliphatic carboxylic acids is 1. The van der Waals surface area contributed by atoms with Crippen LogP contribution in [0.25, 0.3) is 0 Å². The topological polar surface area (TPSA) is 66.3 Å². The fraction of sp³-hybridized carbons (Fsp3) is 0.615. The second kappa shape index (κ2) is 4.23. The third kappa shape index (κ3) is 2.17. The van der Waals surface area contributed by atoms with Gasteiger partial charge in [0.25, 0.3) is 0 Å². The van der Waals surface area contributed by atoms with Crippen LogP contribution in [-0.4, -0.2) is 34.1 Å². The van der Waals surface area contributed by atoms with Gasteiger partial charge in [0.15, 0.2) is 0 Å². The average Bonchev–Trinajstić information content (AvgIpc) is 3.05. The Balaban J connectivity index is 1.81. The van der Waals surface area contributed by atoms with E-state index in [0.29, 0.717) is 18.9 Å². The van der Waals surface area contributed by atoms with E-state index in [1.54, 1.807) is 0 Å². The first-order chi connectivity index (χ1) is 8.63. The zero-order valence-corrected chi connectivity index (χ0v) is 10.5. The van der Waals surface area contributed by atoms with Crippen molar-refractivity contribution in [2.24, 2.45) is 5.92 Å². The van der Waals surface area contributed by atoms with Crippen LogP contribution in [-0.2, 0) is 4.79 Å². The molecule has 0 amide bonds. The molecule has 1 aromatic rings. The highest BCUT2D eigenvalue weighted by Gasteiger charge is 2.31. The average molecular weight is 247 g/mol. The Morgan fingerprint density at radius 1 is 1.39 bits per heavy atom. The summed E-state index contributed by atoms with van der Waals surface area (Å²) in [5.41, 5.74) is 0.973. The van der Waals surface area contributed by atoms with E-state index in [1.807, 2.05) is 13.0 Å². The molecule has 0 spiro atoms.